The van der Waals surface area contributed by atoms with Gasteiger partial charge >= 0.3 is 5.97 Å². The topological polar surface area (TPSA) is 116 Å². The molecule has 1 aromatic carbocycles. The monoisotopic (exact) mass is 701 g/mol. The number of amides is 2. The Kier molecular flexibility index (Phi) is 9.40. The molecule has 1 aliphatic heterocycles. The summed E-state index contributed by atoms with van der Waals surface area (Å²) in [5, 5.41) is 6.32. The van der Waals surface area contributed by atoms with E-state index in [-0.39, 0.29) is 35.8 Å². The molecule has 0 spiro atoms. The number of carbonyl (C=O) groups excluding carboxylic acids is 3. The molecule has 214 valence electrons. The highest BCUT2D eigenvalue weighted by molar-refractivity contribution is 14.1. The highest BCUT2D eigenvalue weighted by atomic mass is 127. The number of ether oxygens (including phenoxy) is 1. The molecule has 9 nitrogen and oxygen atoms in total. The number of nitrogens with zero attached hydrogens (tertiary/aromatic N) is 2. The first-order valence-electron chi connectivity index (χ1n) is 12.7. The number of H-pyrrole nitrogens is 1. The number of nitrogens with one attached hydrogen (secondary N) is 3. The van der Waals surface area contributed by atoms with Crippen LogP contribution >= 0.6 is 45.5 Å². The van der Waals surface area contributed by atoms with E-state index in [1.165, 1.54) is 0 Å². The molecule has 0 radical (unpaired) electrons. The van der Waals surface area contributed by atoms with E-state index in [0.717, 1.165) is 26.2 Å². The minimum atomic E-state index is -1.42. The second-order valence-corrected chi connectivity index (χ2v) is 12.4. The fraction of sp³-hybridized carbons (Fsp3) is 0.407. The Morgan fingerprint density at radius 1 is 1.27 bits per heavy atom. The van der Waals surface area contributed by atoms with Gasteiger partial charge in [0.25, 0.3) is 11.8 Å². The second kappa shape index (κ2) is 12.4. The van der Waals surface area contributed by atoms with Crippen molar-refractivity contribution < 1.29 is 23.5 Å². The highest BCUT2D eigenvalue weighted by Gasteiger charge is 2.35. The Balaban J connectivity index is 1.50. The van der Waals surface area contributed by atoms with E-state index >= 15 is 4.39 Å². The quantitative estimate of drug-likeness (QED) is 0.219. The number of aryl methyl sites for hydroxylation is 1. The predicted octanol–water partition coefficient (Wildman–Crippen LogP) is 5.23. The molecule has 0 saturated carbocycles. The van der Waals surface area contributed by atoms with Crippen molar-refractivity contribution in [1.29, 1.82) is 0 Å². The molecule has 3 aromatic rings. The summed E-state index contributed by atoms with van der Waals surface area (Å²) in [5.74, 6) is -1.68. The third-order valence-corrected chi connectivity index (χ3v) is 9.76. The van der Waals surface area contributed by atoms with Crippen molar-refractivity contribution in [3.05, 3.63) is 66.4 Å². The molecule has 40 heavy (non-hydrogen) atoms. The van der Waals surface area contributed by atoms with Gasteiger partial charge in [-0.3, -0.25) is 9.59 Å². The van der Waals surface area contributed by atoms with Crippen LogP contribution in [0.2, 0.25) is 5.02 Å². The van der Waals surface area contributed by atoms with Gasteiger partial charge in [-0.15, -0.1) is 0 Å². The predicted molar refractivity (Wildman–Crippen MR) is 161 cm³/mol. The van der Waals surface area contributed by atoms with Crippen LogP contribution in [0.15, 0.2) is 30.3 Å². The van der Waals surface area contributed by atoms with Crippen molar-refractivity contribution in [3.8, 4) is 0 Å². The Labute approximate surface area is 254 Å². The smallest absolute Gasteiger partial charge is 0.350 e. The van der Waals surface area contributed by atoms with Gasteiger partial charge in [0.15, 0.2) is 10.8 Å². The first-order chi connectivity index (χ1) is 18.9. The molecular formula is C27H30ClFIN5O4S. The van der Waals surface area contributed by atoms with Crippen LogP contribution in [-0.2, 0) is 10.3 Å². The fourth-order valence-electron chi connectivity index (χ4n) is 4.41. The van der Waals surface area contributed by atoms with Gasteiger partial charge in [-0.05, 0) is 62.3 Å². The average molecular weight is 702 g/mol. The summed E-state index contributed by atoms with van der Waals surface area (Å²) in [6.07, 6.45) is -1.13. The second-order valence-electron chi connectivity index (χ2n) is 9.92. The van der Waals surface area contributed by atoms with Crippen molar-refractivity contribution in [1.82, 2.24) is 20.6 Å². The van der Waals surface area contributed by atoms with Crippen LogP contribution in [0.3, 0.4) is 0 Å². The van der Waals surface area contributed by atoms with Crippen LogP contribution < -0.4 is 15.5 Å². The zero-order valence-electron chi connectivity index (χ0n) is 22.4. The molecule has 13 heteroatoms. The maximum Gasteiger partial charge on any atom is 0.350 e. The van der Waals surface area contributed by atoms with Gasteiger partial charge in [-0.25, -0.2) is 14.2 Å². The zero-order chi connectivity index (χ0) is 29.2. The zero-order valence-corrected chi connectivity index (χ0v) is 26.2. The molecule has 0 unspecified atom stereocenters. The van der Waals surface area contributed by atoms with Crippen LogP contribution in [0.5, 0.6) is 0 Å². The van der Waals surface area contributed by atoms with E-state index in [0.29, 0.717) is 16.7 Å². The lowest BCUT2D eigenvalue weighted by Gasteiger charge is -2.34. The minimum absolute atomic E-state index is 0.0513. The number of esters is 1. The molecule has 4 rings (SSSR count). The average Bonchev–Trinajstić information content (AvgIpc) is 3.48. The van der Waals surface area contributed by atoms with Gasteiger partial charge in [0.05, 0.1) is 33.3 Å². The highest BCUT2D eigenvalue weighted by Crippen LogP contribution is 2.32. The molecular weight excluding hydrogens is 672 g/mol. The molecule has 2 aromatic heterocycles. The molecule has 2 amide bonds. The summed E-state index contributed by atoms with van der Waals surface area (Å²) in [5.41, 5.74) is 1.03. The number of halogens is 3. The largest absolute Gasteiger partial charge is 0.462 e. The van der Waals surface area contributed by atoms with E-state index in [2.05, 4.69) is 20.6 Å². The number of aromatic amines is 1. The number of thiazole rings is 1. The summed E-state index contributed by atoms with van der Waals surface area (Å²) in [7, 11) is 0. The third kappa shape index (κ3) is 6.44. The van der Waals surface area contributed by atoms with Crippen LogP contribution in [0.4, 0.5) is 9.52 Å². The molecule has 3 N–H and O–H groups in total. The number of alkyl halides is 1. The maximum absolute atomic E-state index is 15.3. The Morgan fingerprint density at radius 2 is 1.98 bits per heavy atom. The van der Waals surface area contributed by atoms with Crippen LogP contribution in [0.25, 0.3) is 0 Å². The molecule has 1 aliphatic rings. The number of carbonyl (C=O) groups is 3. The van der Waals surface area contributed by atoms with Crippen LogP contribution in [0, 0.1) is 10.5 Å². The third-order valence-electron chi connectivity index (χ3n) is 6.62. The van der Waals surface area contributed by atoms with E-state index < -0.39 is 35.5 Å². The summed E-state index contributed by atoms with van der Waals surface area (Å²) in [6, 6.07) is 8.70. The lowest BCUT2D eigenvalue weighted by molar-refractivity contribution is 0.0527. The van der Waals surface area contributed by atoms with Crippen LogP contribution in [0.1, 0.15) is 69.1 Å². The Morgan fingerprint density at radius 3 is 2.58 bits per heavy atom. The number of benzene rings is 1. The molecule has 1 saturated heterocycles. The lowest BCUT2D eigenvalue weighted by atomic mass is 9.94. The Hall–Kier alpha value is -2.71. The van der Waals surface area contributed by atoms with Crippen molar-refractivity contribution in [2.24, 2.45) is 0 Å². The van der Waals surface area contributed by atoms with E-state index in [1.54, 1.807) is 18.7 Å². The standard InChI is InChI=1S/C27H30ClFIN5O4S/c1-5-39-25(38)22-21(24(37)34-27(3,4)15-9-7-6-8-10-15)33-26(40-22)35-12-11-17(16(29)13-35)32-23(36)20-18(28)19(30)14(2)31-20/h6-10,16-17,31H,5,11-13H2,1-4H3,(H,32,36)(H,34,37)/t16-,17+/m0/s1. The van der Waals surface area contributed by atoms with Gasteiger partial charge in [0, 0.05) is 12.2 Å². The first-order valence-corrected chi connectivity index (χ1v) is 15.0. The number of hydrogen-bond donors (Lipinski definition) is 3. The van der Waals surface area contributed by atoms with Gasteiger partial charge < -0.3 is 25.3 Å². The molecule has 1 fully saturated rings. The Bertz CT molecular complexity index is 1410. The molecule has 3 heterocycles. The van der Waals surface area contributed by atoms with Crippen molar-refractivity contribution in [2.75, 3.05) is 24.6 Å². The molecule has 2 atom stereocenters. The molecule has 0 bridgehead atoms. The number of rotatable bonds is 8. The number of hydrogen-bond acceptors (Lipinski definition) is 7. The van der Waals surface area contributed by atoms with Gasteiger partial charge in [-0.2, -0.15) is 0 Å². The van der Waals surface area contributed by atoms with E-state index in [4.69, 9.17) is 16.3 Å². The minimum Gasteiger partial charge on any atom is -0.462 e. The van der Waals surface area contributed by atoms with Gasteiger partial charge in [0.1, 0.15) is 16.7 Å². The van der Waals surface area contributed by atoms with Crippen molar-refractivity contribution in [2.45, 2.75) is 51.9 Å². The summed E-state index contributed by atoms with van der Waals surface area (Å²) in [6.45, 7) is 7.59. The van der Waals surface area contributed by atoms with Gasteiger partial charge in [0.2, 0.25) is 0 Å². The van der Waals surface area contributed by atoms with E-state index in [1.807, 2.05) is 66.8 Å². The maximum atomic E-state index is 15.3. The number of aromatic nitrogens is 2. The van der Waals surface area contributed by atoms with Crippen molar-refractivity contribution >= 4 is 68.4 Å². The SMILES string of the molecule is CCOC(=O)c1sc(N2CC[C@@H](NC(=O)c3[nH]c(C)c(I)c3Cl)[C@@H](F)C2)nc1C(=O)NC(C)(C)c1ccccc1. The van der Waals surface area contributed by atoms with Crippen molar-refractivity contribution in [3.63, 3.8) is 0 Å². The van der Waals surface area contributed by atoms with Crippen LogP contribution in [-0.4, -0.2) is 59.7 Å². The number of anilines is 1. The fourth-order valence-corrected chi connectivity index (χ4v) is 6.08. The lowest BCUT2D eigenvalue weighted by Crippen LogP contribution is -2.52. The summed E-state index contributed by atoms with van der Waals surface area (Å²) in [4.78, 5) is 48.0. The van der Waals surface area contributed by atoms with E-state index in [9.17, 15) is 14.4 Å². The molecule has 0 aliphatic carbocycles. The van der Waals surface area contributed by atoms with Gasteiger partial charge in [-0.1, -0.05) is 53.3 Å². The summed E-state index contributed by atoms with van der Waals surface area (Å²) < 4.78 is 21.2. The normalized spacial score (nSPS) is 17.4. The first kappa shape index (κ1) is 30.3. The summed E-state index contributed by atoms with van der Waals surface area (Å²) >= 11 is 9.28. The number of piperidine rings is 1.